The number of hydrogen-bond acceptors (Lipinski definition) is 10. The third kappa shape index (κ3) is 54.2. The van der Waals surface area contributed by atoms with Gasteiger partial charge in [0.25, 0.3) is 0 Å². The molecule has 428 valence electrons. The van der Waals surface area contributed by atoms with Crippen LogP contribution in [0, 0.1) is 0 Å². The molecule has 3 unspecified atom stereocenters. The van der Waals surface area contributed by atoms with Crippen molar-refractivity contribution < 1.29 is 52.2 Å². The van der Waals surface area contributed by atoms with Crippen LogP contribution < -0.4 is 0 Å². The molecule has 0 bridgehead atoms. The fourth-order valence-corrected chi connectivity index (χ4v) is 7.71. The number of ether oxygens (including phenoxy) is 3. The van der Waals surface area contributed by atoms with E-state index >= 15 is 0 Å². The lowest BCUT2D eigenvalue weighted by molar-refractivity contribution is -0.161. The molecule has 0 fully saturated rings. The summed E-state index contributed by atoms with van der Waals surface area (Å²) in [6, 6.07) is 0. The van der Waals surface area contributed by atoms with Crippen LogP contribution >= 0.6 is 7.82 Å². The fraction of sp³-hybridized carbons (Fsp3) is 0.578. The Morgan fingerprint density at radius 3 is 1.16 bits per heavy atom. The van der Waals surface area contributed by atoms with E-state index in [1.165, 1.54) is 19.3 Å². The summed E-state index contributed by atoms with van der Waals surface area (Å²) >= 11 is 0. The minimum atomic E-state index is -4.79. The van der Waals surface area contributed by atoms with Crippen molar-refractivity contribution in [3.05, 3.63) is 146 Å². The molecule has 11 nitrogen and oxygen atoms in total. The highest BCUT2D eigenvalue weighted by molar-refractivity contribution is 7.47. The number of aliphatic hydroxyl groups is 1. The van der Waals surface area contributed by atoms with Crippen LogP contribution in [0.2, 0.25) is 0 Å². The van der Waals surface area contributed by atoms with E-state index in [4.69, 9.17) is 23.3 Å². The van der Waals surface area contributed by atoms with Crippen LogP contribution in [-0.4, -0.2) is 66.5 Å². The van der Waals surface area contributed by atoms with Gasteiger partial charge >= 0.3 is 25.7 Å². The molecule has 0 saturated heterocycles. The number of unbranched alkanes of at least 4 members (excludes halogenated alkanes) is 10. The van der Waals surface area contributed by atoms with Crippen LogP contribution in [0.25, 0.3) is 0 Å². The normalized spacial score (nSPS) is 14.4. The number of phosphoric ester groups is 1. The topological polar surface area (TPSA) is 155 Å². The van der Waals surface area contributed by atoms with Gasteiger partial charge in [0, 0.05) is 19.3 Å². The lowest BCUT2D eigenvalue weighted by Gasteiger charge is -2.21. The number of carbonyl (C=O) groups excluding carboxylic acids is 3. The van der Waals surface area contributed by atoms with Gasteiger partial charge in [-0.2, -0.15) is 0 Å². The minimum Gasteiger partial charge on any atom is -0.462 e. The Labute approximate surface area is 461 Å². The first-order chi connectivity index (χ1) is 37.2. The SMILES string of the molecule is CC/C=C\C/C=C\C/C=C\C/C=C\C/C=C\C/C=C\CCC(=O)OC(COC(=O)CCCCCCC/C=C\C/C=C\CCCCC)COP(=O)(O)OCC(CO)OC(=O)CCCC/C=C\C/C=C\C/C=C\C/C=C\CC. The predicted octanol–water partition coefficient (Wildman–Crippen LogP) is 17.1. The summed E-state index contributed by atoms with van der Waals surface area (Å²) in [4.78, 5) is 48.5. The van der Waals surface area contributed by atoms with Gasteiger partial charge in [-0.05, 0) is 128 Å². The van der Waals surface area contributed by atoms with Crippen molar-refractivity contribution in [1.82, 2.24) is 0 Å². The molecule has 0 heterocycles. The van der Waals surface area contributed by atoms with E-state index in [0.29, 0.717) is 25.7 Å². The first-order valence-electron chi connectivity index (χ1n) is 28.7. The van der Waals surface area contributed by atoms with E-state index < -0.39 is 57.8 Å². The lowest BCUT2D eigenvalue weighted by Crippen LogP contribution is -2.30. The summed E-state index contributed by atoms with van der Waals surface area (Å²) in [5, 5.41) is 9.81. The molecule has 12 heteroatoms. The molecule has 76 heavy (non-hydrogen) atoms. The zero-order valence-corrected chi connectivity index (χ0v) is 48.0. The number of allylic oxidation sites excluding steroid dienone is 24. The average Bonchev–Trinajstić information content (AvgIpc) is 3.41. The van der Waals surface area contributed by atoms with Gasteiger partial charge in [-0.3, -0.25) is 23.4 Å². The molecular weight excluding hydrogens is 976 g/mol. The molecular formula is C64H101O11P. The Kier molecular flexibility index (Phi) is 53.1. The van der Waals surface area contributed by atoms with E-state index in [0.717, 1.165) is 116 Å². The molecule has 0 spiro atoms. The third-order valence-electron chi connectivity index (χ3n) is 11.2. The second-order valence-corrected chi connectivity index (χ2v) is 19.8. The molecule has 0 saturated carbocycles. The van der Waals surface area contributed by atoms with Gasteiger partial charge in [-0.15, -0.1) is 0 Å². The summed E-state index contributed by atoms with van der Waals surface area (Å²) in [6.45, 7) is 4.21. The first kappa shape index (κ1) is 71.4. The molecule has 0 aliphatic carbocycles. The smallest absolute Gasteiger partial charge is 0.462 e. The van der Waals surface area contributed by atoms with Crippen LogP contribution in [0.3, 0.4) is 0 Å². The van der Waals surface area contributed by atoms with Crippen LogP contribution in [-0.2, 0) is 42.2 Å². The Morgan fingerprint density at radius 1 is 0.382 bits per heavy atom. The van der Waals surface area contributed by atoms with E-state index in [2.05, 4.69) is 154 Å². The van der Waals surface area contributed by atoms with Crippen molar-refractivity contribution in [2.45, 2.75) is 213 Å². The monoisotopic (exact) mass is 1080 g/mol. The Morgan fingerprint density at radius 2 is 0.711 bits per heavy atom. The zero-order chi connectivity index (χ0) is 55.5. The Bertz CT molecular complexity index is 1830. The average molecular weight is 1080 g/mol. The van der Waals surface area contributed by atoms with Gasteiger partial charge in [0.1, 0.15) is 12.7 Å². The summed E-state index contributed by atoms with van der Waals surface area (Å²) in [5.74, 6) is -1.65. The number of phosphoric acid groups is 1. The maximum Gasteiger partial charge on any atom is 0.472 e. The van der Waals surface area contributed by atoms with Crippen molar-refractivity contribution in [3.63, 3.8) is 0 Å². The lowest BCUT2D eigenvalue weighted by atomic mass is 10.1. The number of carbonyl (C=O) groups is 3. The molecule has 0 aliphatic rings. The largest absolute Gasteiger partial charge is 0.472 e. The highest BCUT2D eigenvalue weighted by atomic mass is 31.2. The van der Waals surface area contributed by atoms with Gasteiger partial charge in [-0.25, -0.2) is 4.57 Å². The minimum absolute atomic E-state index is 0.0276. The highest BCUT2D eigenvalue weighted by Crippen LogP contribution is 2.43. The Balaban J connectivity index is 4.93. The number of aliphatic hydroxyl groups excluding tert-OH is 1. The van der Waals surface area contributed by atoms with E-state index in [1.54, 1.807) is 0 Å². The van der Waals surface area contributed by atoms with Crippen LogP contribution in [0.4, 0.5) is 0 Å². The number of hydrogen-bond donors (Lipinski definition) is 2. The summed E-state index contributed by atoms with van der Waals surface area (Å²) in [7, 11) is -4.79. The van der Waals surface area contributed by atoms with E-state index in [-0.39, 0.29) is 25.9 Å². The van der Waals surface area contributed by atoms with Gasteiger partial charge in [-0.1, -0.05) is 199 Å². The van der Waals surface area contributed by atoms with Gasteiger partial charge in [0.2, 0.25) is 0 Å². The maximum absolute atomic E-state index is 12.9. The third-order valence-corrected chi connectivity index (χ3v) is 12.2. The molecule has 0 aliphatic heterocycles. The molecule has 0 aromatic rings. The summed E-state index contributed by atoms with van der Waals surface area (Å²) in [5.41, 5.74) is 0. The molecule has 2 N–H and O–H groups in total. The predicted molar refractivity (Wildman–Crippen MR) is 316 cm³/mol. The second kappa shape index (κ2) is 56.6. The van der Waals surface area contributed by atoms with Crippen molar-refractivity contribution in [2.24, 2.45) is 0 Å². The Hall–Kier alpha value is -4.64. The molecule has 0 radical (unpaired) electrons. The highest BCUT2D eigenvalue weighted by Gasteiger charge is 2.28. The molecule has 0 rings (SSSR count). The summed E-state index contributed by atoms with van der Waals surface area (Å²) in [6.07, 6.45) is 72.5. The van der Waals surface area contributed by atoms with E-state index in [1.807, 2.05) is 12.2 Å². The van der Waals surface area contributed by atoms with Gasteiger partial charge < -0.3 is 24.2 Å². The van der Waals surface area contributed by atoms with Gasteiger partial charge in [0.05, 0.1) is 19.8 Å². The first-order valence-corrected chi connectivity index (χ1v) is 30.2. The number of esters is 3. The molecule has 0 aromatic heterocycles. The summed E-state index contributed by atoms with van der Waals surface area (Å²) < 4.78 is 39.4. The van der Waals surface area contributed by atoms with Crippen LogP contribution in [0.15, 0.2) is 146 Å². The maximum atomic E-state index is 12.9. The van der Waals surface area contributed by atoms with Crippen molar-refractivity contribution in [2.75, 3.05) is 26.4 Å². The van der Waals surface area contributed by atoms with Crippen molar-refractivity contribution in [1.29, 1.82) is 0 Å². The molecule has 0 aromatic carbocycles. The number of rotatable bonds is 51. The molecule has 3 atom stereocenters. The van der Waals surface area contributed by atoms with Crippen molar-refractivity contribution >= 4 is 25.7 Å². The van der Waals surface area contributed by atoms with Crippen LogP contribution in [0.5, 0.6) is 0 Å². The second-order valence-electron chi connectivity index (χ2n) is 18.3. The zero-order valence-electron chi connectivity index (χ0n) is 47.2. The van der Waals surface area contributed by atoms with Gasteiger partial charge in [0.15, 0.2) is 6.10 Å². The molecule has 0 amide bonds. The van der Waals surface area contributed by atoms with E-state index in [9.17, 15) is 28.9 Å². The fourth-order valence-electron chi connectivity index (χ4n) is 6.93. The standard InChI is InChI=1S/C64H101O11P/c1-4-7-10-13-16-19-22-25-28-29-30-31-34-37-40-43-46-49-52-55-64(68)75-61(57-71-62(66)53-50-47-44-41-38-35-32-26-23-20-17-14-11-8-5-2)59-73-76(69,70)72-58-60(56-65)74-63(67)54-51-48-45-42-39-36-33-27-24-21-18-15-12-9-6-3/h7,9-10,12,16-21,25-28,30-33,37,39-40,42,46,49,60-61,65H,4-6,8,11,13-15,22-24,29,34-36,38,41,43-45,47-48,50-59H2,1-3H3,(H,69,70)/b10-7-,12-9-,19-16-,20-17-,21-18-,28-25-,31-30-,32-26-,33-27-,40-37-,42-39-,49-46-. The van der Waals surface area contributed by atoms with Crippen molar-refractivity contribution in [3.8, 4) is 0 Å². The van der Waals surface area contributed by atoms with Crippen LogP contribution in [0.1, 0.15) is 201 Å². The quantitative estimate of drug-likeness (QED) is 0.0197.